The van der Waals surface area contributed by atoms with Crippen LogP contribution in [-0.2, 0) is 6.42 Å². The highest BCUT2D eigenvalue weighted by Crippen LogP contribution is 2.29. The molecule has 2 N–H and O–H groups in total. The van der Waals surface area contributed by atoms with E-state index in [1.165, 1.54) is 6.07 Å². The minimum atomic E-state index is -0.396. The second kappa shape index (κ2) is 6.44. The molecule has 2 aromatic carbocycles. The number of nitrogens with two attached hydrogens (primary N) is 1. The van der Waals surface area contributed by atoms with Crippen molar-refractivity contribution in [2.75, 3.05) is 7.11 Å². The quantitative estimate of drug-likeness (QED) is 0.909. The van der Waals surface area contributed by atoms with E-state index in [0.717, 1.165) is 5.56 Å². The van der Waals surface area contributed by atoms with Crippen LogP contribution in [0.3, 0.4) is 0 Å². The van der Waals surface area contributed by atoms with Gasteiger partial charge in [-0.05, 0) is 36.2 Å². The molecule has 0 aliphatic heterocycles. The summed E-state index contributed by atoms with van der Waals surface area (Å²) >= 11 is 12.1. The minimum Gasteiger partial charge on any atom is -0.495 e. The zero-order valence-corrected chi connectivity index (χ0v) is 12.4. The third kappa shape index (κ3) is 3.23. The maximum atomic E-state index is 13.7. The van der Waals surface area contributed by atoms with Crippen molar-refractivity contribution in [2.24, 2.45) is 5.73 Å². The van der Waals surface area contributed by atoms with Crippen molar-refractivity contribution in [3.8, 4) is 5.75 Å². The molecule has 106 valence electrons. The molecule has 0 aromatic heterocycles. The summed E-state index contributed by atoms with van der Waals surface area (Å²) < 4.78 is 18.8. The summed E-state index contributed by atoms with van der Waals surface area (Å²) in [7, 11) is 1.54. The molecule has 0 spiro atoms. The number of hydrogen-bond donors (Lipinski definition) is 1. The second-order valence-corrected chi connectivity index (χ2v) is 5.22. The van der Waals surface area contributed by atoms with Crippen molar-refractivity contribution in [1.82, 2.24) is 0 Å². The molecule has 0 aliphatic carbocycles. The third-order valence-corrected chi connectivity index (χ3v) is 3.74. The first kappa shape index (κ1) is 15.1. The van der Waals surface area contributed by atoms with E-state index < -0.39 is 6.04 Å². The van der Waals surface area contributed by atoms with E-state index in [2.05, 4.69) is 0 Å². The van der Waals surface area contributed by atoms with Crippen molar-refractivity contribution < 1.29 is 9.13 Å². The summed E-state index contributed by atoms with van der Waals surface area (Å²) in [4.78, 5) is 0. The van der Waals surface area contributed by atoms with Crippen LogP contribution >= 0.6 is 23.2 Å². The van der Waals surface area contributed by atoms with Crippen molar-refractivity contribution >= 4 is 23.2 Å². The van der Waals surface area contributed by atoms with Crippen LogP contribution in [0.1, 0.15) is 17.2 Å². The molecular formula is C15H14Cl2FNO. The number of rotatable bonds is 4. The maximum Gasteiger partial charge on any atom is 0.137 e. The number of ether oxygens (including phenoxy) is 1. The van der Waals surface area contributed by atoms with Crippen LogP contribution in [0.2, 0.25) is 10.0 Å². The number of hydrogen-bond acceptors (Lipinski definition) is 2. The molecule has 0 amide bonds. The van der Waals surface area contributed by atoms with Crippen LogP contribution in [0.4, 0.5) is 4.39 Å². The van der Waals surface area contributed by atoms with Gasteiger partial charge >= 0.3 is 0 Å². The first-order chi connectivity index (χ1) is 9.52. The van der Waals surface area contributed by atoms with Gasteiger partial charge in [-0.15, -0.1) is 0 Å². The van der Waals surface area contributed by atoms with Crippen LogP contribution < -0.4 is 10.5 Å². The van der Waals surface area contributed by atoms with Crippen molar-refractivity contribution in [1.29, 1.82) is 0 Å². The largest absolute Gasteiger partial charge is 0.495 e. The number of halogens is 3. The number of methoxy groups -OCH3 is 1. The Morgan fingerprint density at radius 1 is 1.20 bits per heavy atom. The molecule has 5 heteroatoms. The van der Waals surface area contributed by atoms with E-state index in [4.69, 9.17) is 33.7 Å². The summed E-state index contributed by atoms with van der Waals surface area (Å²) in [5, 5.41) is 0.847. The monoisotopic (exact) mass is 313 g/mol. The van der Waals surface area contributed by atoms with Crippen LogP contribution in [-0.4, -0.2) is 7.11 Å². The zero-order valence-electron chi connectivity index (χ0n) is 10.9. The molecule has 0 heterocycles. The fourth-order valence-corrected chi connectivity index (χ4v) is 2.48. The van der Waals surface area contributed by atoms with Gasteiger partial charge in [0.05, 0.1) is 12.1 Å². The van der Waals surface area contributed by atoms with E-state index >= 15 is 0 Å². The van der Waals surface area contributed by atoms with Crippen molar-refractivity contribution in [2.45, 2.75) is 12.5 Å². The topological polar surface area (TPSA) is 35.2 Å². The molecule has 0 saturated carbocycles. The first-order valence-corrected chi connectivity index (χ1v) is 6.80. The van der Waals surface area contributed by atoms with Gasteiger partial charge in [0.2, 0.25) is 0 Å². The van der Waals surface area contributed by atoms with E-state index in [-0.39, 0.29) is 5.82 Å². The van der Waals surface area contributed by atoms with Crippen molar-refractivity contribution in [3.05, 3.63) is 63.4 Å². The smallest absolute Gasteiger partial charge is 0.137 e. The molecule has 2 rings (SSSR count). The van der Waals surface area contributed by atoms with Gasteiger partial charge in [0.15, 0.2) is 0 Å². The molecular weight excluding hydrogens is 300 g/mol. The molecule has 0 bridgehead atoms. The van der Waals surface area contributed by atoms with Gasteiger partial charge in [0.1, 0.15) is 11.6 Å². The molecule has 0 aliphatic rings. The molecule has 0 fully saturated rings. The first-order valence-electron chi connectivity index (χ1n) is 6.05. The Kier molecular flexibility index (Phi) is 4.86. The number of benzene rings is 2. The Hall–Kier alpha value is -1.29. The summed E-state index contributed by atoms with van der Waals surface area (Å²) in [5.41, 5.74) is 7.31. The Bertz CT molecular complexity index is 599. The molecule has 2 aromatic rings. The molecule has 0 saturated heterocycles. The highest BCUT2D eigenvalue weighted by Gasteiger charge is 2.14. The molecule has 20 heavy (non-hydrogen) atoms. The van der Waals surface area contributed by atoms with Gasteiger partial charge in [0, 0.05) is 16.6 Å². The molecule has 1 unspecified atom stereocenters. The maximum absolute atomic E-state index is 13.7. The second-order valence-electron chi connectivity index (χ2n) is 4.40. The fourth-order valence-electron chi connectivity index (χ4n) is 1.98. The van der Waals surface area contributed by atoms with E-state index in [1.807, 2.05) is 6.07 Å². The predicted octanol–water partition coefficient (Wildman–Crippen LogP) is 4.38. The summed E-state index contributed by atoms with van der Waals surface area (Å²) in [6, 6.07) is 9.46. The minimum absolute atomic E-state index is 0.300. The summed E-state index contributed by atoms with van der Waals surface area (Å²) in [6.45, 7) is 0. The van der Waals surface area contributed by atoms with E-state index in [1.54, 1.807) is 31.4 Å². The van der Waals surface area contributed by atoms with Gasteiger partial charge < -0.3 is 10.5 Å². The third-order valence-electron chi connectivity index (χ3n) is 3.09. The lowest BCUT2D eigenvalue weighted by molar-refractivity contribution is 0.414. The van der Waals surface area contributed by atoms with E-state index in [9.17, 15) is 4.39 Å². The normalized spacial score (nSPS) is 12.2. The highest BCUT2D eigenvalue weighted by atomic mass is 35.5. The average molecular weight is 314 g/mol. The van der Waals surface area contributed by atoms with E-state index in [0.29, 0.717) is 27.8 Å². The predicted molar refractivity (Wildman–Crippen MR) is 80.0 cm³/mol. The zero-order chi connectivity index (χ0) is 14.7. The Morgan fingerprint density at radius 3 is 2.55 bits per heavy atom. The Balaban J connectivity index is 2.24. The lowest BCUT2D eigenvalue weighted by Crippen LogP contribution is -2.14. The average Bonchev–Trinajstić information content (AvgIpc) is 2.42. The van der Waals surface area contributed by atoms with Crippen LogP contribution in [0.15, 0.2) is 36.4 Å². The van der Waals surface area contributed by atoms with Gasteiger partial charge in [-0.1, -0.05) is 35.3 Å². The molecule has 2 nitrogen and oxygen atoms in total. The Labute approximate surface area is 127 Å². The molecule has 0 radical (unpaired) electrons. The van der Waals surface area contributed by atoms with Crippen molar-refractivity contribution in [3.63, 3.8) is 0 Å². The SMILES string of the molecule is COc1ccc(C(N)Cc2c(F)cccc2Cl)cc1Cl. The standard InChI is InChI=1S/C15H14Cl2FNO/c1-20-15-6-5-9(7-12(15)17)14(19)8-10-11(16)3-2-4-13(10)18/h2-7,14H,8,19H2,1H3. The van der Waals surface area contributed by atoms with Gasteiger partial charge in [-0.2, -0.15) is 0 Å². The van der Waals surface area contributed by atoms with Crippen LogP contribution in [0.5, 0.6) is 5.75 Å². The van der Waals surface area contributed by atoms with Gasteiger partial charge in [-0.25, -0.2) is 4.39 Å². The summed E-state index contributed by atoms with van der Waals surface area (Å²) in [6.07, 6.45) is 0.300. The summed E-state index contributed by atoms with van der Waals surface area (Å²) in [5.74, 6) is 0.221. The van der Waals surface area contributed by atoms with Gasteiger partial charge in [0.25, 0.3) is 0 Å². The van der Waals surface area contributed by atoms with Crippen LogP contribution in [0.25, 0.3) is 0 Å². The Morgan fingerprint density at radius 2 is 1.95 bits per heavy atom. The lowest BCUT2D eigenvalue weighted by atomic mass is 9.99. The lowest BCUT2D eigenvalue weighted by Gasteiger charge is -2.15. The highest BCUT2D eigenvalue weighted by molar-refractivity contribution is 6.32. The molecule has 1 atom stereocenters. The van der Waals surface area contributed by atoms with Gasteiger partial charge in [-0.3, -0.25) is 0 Å². The fraction of sp³-hybridized carbons (Fsp3) is 0.200. The van der Waals surface area contributed by atoms with Crippen LogP contribution in [0, 0.1) is 5.82 Å².